The summed E-state index contributed by atoms with van der Waals surface area (Å²) in [7, 11) is -8.46. The molecule has 0 fully saturated rings. The quantitative estimate of drug-likeness (QED) is 0.636. The van der Waals surface area contributed by atoms with Crippen LogP contribution in [0.5, 0.6) is 0 Å². The van der Waals surface area contributed by atoms with E-state index >= 15 is 0 Å². The van der Waals surface area contributed by atoms with Crippen LogP contribution in [0.1, 0.15) is 19.8 Å². The summed E-state index contributed by atoms with van der Waals surface area (Å²) < 4.78 is 59.5. The van der Waals surface area contributed by atoms with Crippen LogP contribution in [-0.4, -0.2) is 23.4 Å². The van der Waals surface area contributed by atoms with Gasteiger partial charge in [-0.05, 0) is 30.7 Å². The average Bonchev–Trinajstić information content (AvgIpc) is 2.28. The highest BCUT2D eigenvalue weighted by Crippen LogP contribution is 2.16. The van der Waals surface area contributed by atoms with Gasteiger partial charge in [-0.15, -0.1) is 3.89 Å². The fourth-order valence-electron chi connectivity index (χ4n) is 1.25. The maximum atomic E-state index is 12.6. The molecule has 0 saturated heterocycles. The van der Waals surface area contributed by atoms with Gasteiger partial charge in [0.25, 0.3) is 0 Å². The lowest BCUT2D eigenvalue weighted by atomic mass is 10.3. The fourth-order valence-corrected chi connectivity index (χ4v) is 2.78. The molecule has 5 nitrogen and oxygen atoms in total. The van der Waals surface area contributed by atoms with Crippen molar-refractivity contribution in [3.05, 3.63) is 24.3 Å². The van der Waals surface area contributed by atoms with Crippen LogP contribution in [0.15, 0.2) is 34.1 Å². The van der Waals surface area contributed by atoms with Gasteiger partial charge in [-0.2, -0.15) is 8.42 Å². The van der Waals surface area contributed by atoms with E-state index in [1.165, 1.54) is 0 Å². The summed E-state index contributed by atoms with van der Waals surface area (Å²) in [6.45, 7) is 2.23. The molecule has 1 N–H and O–H groups in total. The van der Waals surface area contributed by atoms with E-state index in [-0.39, 0.29) is 4.90 Å². The molecular weight excluding hydrogens is 281 g/mol. The number of unbranched alkanes of at least 4 members (excludes halogenated alkanes) is 1. The summed E-state index contributed by atoms with van der Waals surface area (Å²) in [6.07, 6.45) is 1.55. The summed E-state index contributed by atoms with van der Waals surface area (Å²) in [6, 6.07) is 3.95. The lowest BCUT2D eigenvalue weighted by molar-refractivity contribution is 0.551. The molecule has 1 rings (SSSR count). The summed E-state index contributed by atoms with van der Waals surface area (Å²) >= 11 is 0. The Morgan fingerprint density at radius 3 is 2.00 bits per heavy atom. The third kappa shape index (κ3) is 4.04. The number of rotatable bonds is 6. The van der Waals surface area contributed by atoms with Crippen molar-refractivity contribution in [2.75, 3.05) is 6.54 Å². The molecular formula is C10H14FNO4S2. The predicted octanol–water partition coefficient (Wildman–Crippen LogP) is 1.42. The van der Waals surface area contributed by atoms with Gasteiger partial charge in [0.2, 0.25) is 10.0 Å². The van der Waals surface area contributed by atoms with E-state index in [0.717, 1.165) is 30.7 Å². The van der Waals surface area contributed by atoms with Gasteiger partial charge in [-0.1, -0.05) is 13.3 Å². The lowest BCUT2D eigenvalue weighted by Gasteiger charge is -2.06. The van der Waals surface area contributed by atoms with E-state index in [2.05, 4.69) is 4.72 Å². The number of benzene rings is 1. The molecule has 0 radical (unpaired) electrons. The summed E-state index contributed by atoms with van der Waals surface area (Å²) in [5.74, 6) is 0. The molecule has 0 aliphatic carbocycles. The highest BCUT2D eigenvalue weighted by atomic mass is 32.3. The van der Waals surface area contributed by atoms with E-state index in [1.807, 2.05) is 6.92 Å². The molecule has 0 aromatic heterocycles. The van der Waals surface area contributed by atoms with Gasteiger partial charge in [0, 0.05) is 6.54 Å². The van der Waals surface area contributed by atoms with Crippen LogP contribution in [0, 0.1) is 0 Å². The third-order valence-electron chi connectivity index (χ3n) is 2.24. The zero-order valence-electron chi connectivity index (χ0n) is 9.76. The fraction of sp³-hybridized carbons (Fsp3) is 0.400. The molecule has 0 aliphatic rings. The van der Waals surface area contributed by atoms with Crippen molar-refractivity contribution in [1.82, 2.24) is 4.72 Å². The second-order valence-corrected chi connectivity index (χ2v) is 6.77. The minimum atomic E-state index is -4.80. The molecule has 0 unspecified atom stereocenters. The summed E-state index contributed by atoms with van der Waals surface area (Å²) in [4.78, 5) is -0.652. The Hall–Kier alpha value is -0.990. The number of halogens is 1. The zero-order chi connectivity index (χ0) is 13.8. The Balaban J connectivity index is 2.91. The van der Waals surface area contributed by atoms with Gasteiger partial charge in [-0.25, -0.2) is 13.1 Å². The van der Waals surface area contributed by atoms with E-state index in [1.54, 1.807) is 0 Å². The zero-order valence-corrected chi connectivity index (χ0v) is 11.4. The summed E-state index contributed by atoms with van der Waals surface area (Å²) in [5, 5.41) is 0. The number of nitrogens with one attached hydrogen (secondary N) is 1. The number of sulfonamides is 1. The van der Waals surface area contributed by atoms with Crippen LogP contribution in [0.3, 0.4) is 0 Å². The molecule has 0 spiro atoms. The van der Waals surface area contributed by atoms with Crippen molar-refractivity contribution in [2.45, 2.75) is 29.6 Å². The molecule has 1 aromatic rings. The topological polar surface area (TPSA) is 80.3 Å². The van der Waals surface area contributed by atoms with Crippen molar-refractivity contribution < 1.29 is 20.7 Å². The van der Waals surface area contributed by atoms with Gasteiger partial charge < -0.3 is 0 Å². The molecule has 0 atom stereocenters. The Kier molecular flexibility index (Phi) is 4.83. The summed E-state index contributed by atoms with van der Waals surface area (Å²) in [5.41, 5.74) is 0. The molecule has 102 valence electrons. The van der Waals surface area contributed by atoms with Crippen LogP contribution >= 0.6 is 0 Å². The first kappa shape index (κ1) is 15.1. The van der Waals surface area contributed by atoms with E-state index in [4.69, 9.17) is 0 Å². The maximum Gasteiger partial charge on any atom is 0.332 e. The van der Waals surface area contributed by atoms with Gasteiger partial charge in [0.15, 0.2) is 0 Å². The Bertz CT molecular complexity index is 593. The average molecular weight is 295 g/mol. The van der Waals surface area contributed by atoms with Crippen LogP contribution in [-0.2, 0) is 20.2 Å². The normalized spacial score (nSPS) is 12.6. The van der Waals surface area contributed by atoms with E-state index in [9.17, 15) is 20.7 Å². The third-order valence-corrected chi connectivity index (χ3v) is 4.55. The molecule has 1 aromatic carbocycles. The van der Waals surface area contributed by atoms with Gasteiger partial charge in [0.1, 0.15) is 0 Å². The molecule has 0 aliphatic heterocycles. The SMILES string of the molecule is CCCCNS(=O)(=O)c1ccc(S(=O)(=O)F)cc1. The second kappa shape index (κ2) is 5.77. The maximum absolute atomic E-state index is 12.6. The van der Waals surface area contributed by atoms with Crippen molar-refractivity contribution in [2.24, 2.45) is 0 Å². The van der Waals surface area contributed by atoms with Gasteiger partial charge in [0.05, 0.1) is 9.79 Å². The van der Waals surface area contributed by atoms with Crippen molar-refractivity contribution in [1.29, 1.82) is 0 Å². The molecule has 0 saturated carbocycles. The first-order valence-corrected chi connectivity index (χ1v) is 8.18. The highest BCUT2D eigenvalue weighted by molar-refractivity contribution is 7.89. The molecule has 0 amide bonds. The largest absolute Gasteiger partial charge is 0.332 e. The molecule has 0 bridgehead atoms. The number of hydrogen-bond acceptors (Lipinski definition) is 4. The predicted molar refractivity (Wildman–Crippen MR) is 64.8 cm³/mol. The first-order chi connectivity index (χ1) is 8.27. The standard InChI is InChI=1S/C10H14FNO4S2/c1-2-3-8-12-18(15,16)10-6-4-9(5-7-10)17(11,13)14/h4-7,12H,2-3,8H2,1H3. The monoisotopic (exact) mass is 295 g/mol. The molecule has 0 heterocycles. The van der Waals surface area contributed by atoms with Gasteiger partial charge in [-0.3, -0.25) is 0 Å². The van der Waals surface area contributed by atoms with Crippen LogP contribution in [0.4, 0.5) is 3.89 Å². The Morgan fingerprint density at radius 1 is 1.06 bits per heavy atom. The number of hydrogen-bond donors (Lipinski definition) is 1. The second-order valence-electron chi connectivity index (χ2n) is 3.66. The van der Waals surface area contributed by atoms with E-state index in [0.29, 0.717) is 13.0 Å². The molecule has 18 heavy (non-hydrogen) atoms. The smallest absolute Gasteiger partial charge is 0.211 e. The Labute approximate surface area is 106 Å². The highest BCUT2D eigenvalue weighted by Gasteiger charge is 2.16. The lowest BCUT2D eigenvalue weighted by Crippen LogP contribution is -2.24. The minimum absolute atomic E-state index is 0.0917. The van der Waals surface area contributed by atoms with Gasteiger partial charge >= 0.3 is 10.2 Å². The van der Waals surface area contributed by atoms with Crippen LogP contribution in [0.2, 0.25) is 0 Å². The van der Waals surface area contributed by atoms with E-state index < -0.39 is 25.1 Å². The van der Waals surface area contributed by atoms with Crippen LogP contribution in [0.25, 0.3) is 0 Å². The Morgan fingerprint density at radius 2 is 1.56 bits per heavy atom. The molecule has 8 heteroatoms. The van der Waals surface area contributed by atoms with Crippen molar-refractivity contribution in [3.8, 4) is 0 Å². The minimum Gasteiger partial charge on any atom is -0.211 e. The first-order valence-electron chi connectivity index (χ1n) is 5.32. The van der Waals surface area contributed by atoms with Crippen molar-refractivity contribution >= 4 is 20.2 Å². The van der Waals surface area contributed by atoms with Crippen LogP contribution < -0.4 is 4.72 Å². The van der Waals surface area contributed by atoms with Crippen molar-refractivity contribution in [3.63, 3.8) is 0 Å².